The minimum atomic E-state index is -0.918. The van der Waals surface area contributed by atoms with Crippen LogP contribution in [0.25, 0.3) is 0 Å². The fourth-order valence-electron chi connectivity index (χ4n) is 2.79. The number of hydrogen-bond donors (Lipinski definition) is 1. The molecule has 104 valence electrons. The largest absolute Gasteiger partial charge is 0.478 e. The molecule has 1 aliphatic rings. The Hall–Kier alpha value is -2.30. The molecule has 0 atom stereocenters. The molecule has 0 saturated heterocycles. The van der Waals surface area contributed by atoms with Crippen LogP contribution in [-0.4, -0.2) is 27.4 Å². The highest BCUT2D eigenvalue weighted by Crippen LogP contribution is 2.28. The highest BCUT2D eigenvalue weighted by Gasteiger charge is 2.21. The Morgan fingerprint density at radius 1 is 1.40 bits per heavy atom. The second-order valence-electron chi connectivity index (χ2n) is 5.09. The molecule has 0 amide bonds. The van der Waals surface area contributed by atoms with Crippen molar-refractivity contribution in [3.8, 4) is 0 Å². The van der Waals surface area contributed by atoms with E-state index < -0.39 is 5.97 Å². The van der Waals surface area contributed by atoms with Crippen molar-refractivity contribution in [3.05, 3.63) is 47.3 Å². The van der Waals surface area contributed by atoms with Crippen LogP contribution < -0.4 is 4.90 Å². The predicted molar refractivity (Wildman–Crippen MR) is 76.0 cm³/mol. The van der Waals surface area contributed by atoms with E-state index in [2.05, 4.69) is 28.2 Å². The minimum Gasteiger partial charge on any atom is -0.478 e. The molecule has 5 heteroatoms. The van der Waals surface area contributed by atoms with Crippen molar-refractivity contribution in [2.24, 2.45) is 7.05 Å². The predicted octanol–water partition coefficient (Wildman–Crippen LogP) is 2.07. The summed E-state index contributed by atoms with van der Waals surface area (Å²) in [6, 6.07) is 8.32. The van der Waals surface area contributed by atoms with Gasteiger partial charge in [-0.15, -0.1) is 0 Å². The summed E-state index contributed by atoms with van der Waals surface area (Å²) in [5.41, 5.74) is 3.57. The fourth-order valence-corrected chi connectivity index (χ4v) is 2.79. The Morgan fingerprint density at radius 3 is 3.00 bits per heavy atom. The molecule has 20 heavy (non-hydrogen) atoms. The lowest BCUT2D eigenvalue weighted by Gasteiger charge is -2.31. The number of aryl methyl sites for hydroxylation is 2. The number of para-hydroxylation sites is 1. The van der Waals surface area contributed by atoms with Crippen molar-refractivity contribution >= 4 is 11.7 Å². The third-order valence-electron chi connectivity index (χ3n) is 3.84. The smallest absolute Gasteiger partial charge is 0.339 e. The monoisotopic (exact) mass is 271 g/mol. The van der Waals surface area contributed by atoms with Gasteiger partial charge in [0.25, 0.3) is 0 Å². The fraction of sp³-hybridized carbons (Fsp3) is 0.333. The van der Waals surface area contributed by atoms with Gasteiger partial charge in [-0.1, -0.05) is 18.2 Å². The van der Waals surface area contributed by atoms with E-state index >= 15 is 0 Å². The molecular formula is C15H17N3O2. The zero-order valence-electron chi connectivity index (χ0n) is 11.4. The van der Waals surface area contributed by atoms with Crippen LogP contribution in [0.3, 0.4) is 0 Å². The molecule has 3 rings (SSSR count). The Morgan fingerprint density at radius 2 is 2.20 bits per heavy atom. The summed E-state index contributed by atoms with van der Waals surface area (Å²) in [6.07, 6.45) is 3.61. The normalized spacial score (nSPS) is 14.2. The lowest BCUT2D eigenvalue weighted by Crippen LogP contribution is -2.30. The third kappa shape index (κ3) is 2.15. The second kappa shape index (κ2) is 5.00. The van der Waals surface area contributed by atoms with Crippen molar-refractivity contribution in [2.45, 2.75) is 19.4 Å². The Bertz CT molecular complexity index is 648. The van der Waals surface area contributed by atoms with Gasteiger partial charge in [-0.25, -0.2) is 4.79 Å². The van der Waals surface area contributed by atoms with Gasteiger partial charge >= 0.3 is 5.97 Å². The molecule has 0 bridgehead atoms. The maximum absolute atomic E-state index is 11.3. The molecule has 0 unspecified atom stereocenters. The molecule has 0 saturated carbocycles. The van der Waals surface area contributed by atoms with Crippen molar-refractivity contribution in [1.82, 2.24) is 9.78 Å². The molecule has 0 spiro atoms. The van der Waals surface area contributed by atoms with Crippen LogP contribution >= 0.6 is 0 Å². The average molecular weight is 271 g/mol. The zero-order valence-corrected chi connectivity index (χ0v) is 11.4. The number of nitrogens with zero attached hydrogens (tertiary/aromatic N) is 3. The van der Waals surface area contributed by atoms with Gasteiger partial charge in [0, 0.05) is 19.3 Å². The summed E-state index contributed by atoms with van der Waals surface area (Å²) in [5, 5.41) is 13.3. The number of benzene rings is 1. The summed E-state index contributed by atoms with van der Waals surface area (Å²) < 4.78 is 1.65. The lowest BCUT2D eigenvalue weighted by atomic mass is 10.0. The number of fused-ring (bicyclic) bond motifs is 1. The molecule has 2 aromatic rings. The van der Waals surface area contributed by atoms with Crippen LogP contribution in [0.1, 0.15) is 28.0 Å². The lowest BCUT2D eigenvalue weighted by molar-refractivity contribution is 0.0695. The first-order chi connectivity index (χ1) is 9.66. The van der Waals surface area contributed by atoms with Crippen LogP contribution in [0, 0.1) is 0 Å². The second-order valence-corrected chi connectivity index (χ2v) is 5.09. The average Bonchev–Trinajstić information content (AvgIpc) is 2.81. The molecule has 2 heterocycles. The summed E-state index contributed by atoms with van der Waals surface area (Å²) in [4.78, 5) is 13.5. The van der Waals surface area contributed by atoms with Crippen LogP contribution in [0.15, 0.2) is 30.5 Å². The van der Waals surface area contributed by atoms with Gasteiger partial charge in [-0.05, 0) is 24.5 Å². The molecule has 1 aromatic heterocycles. The van der Waals surface area contributed by atoms with Gasteiger partial charge in [0.15, 0.2) is 0 Å². The number of carboxylic acids is 1. The van der Waals surface area contributed by atoms with E-state index in [0.717, 1.165) is 25.1 Å². The molecule has 0 radical (unpaired) electrons. The number of rotatable bonds is 3. The maximum Gasteiger partial charge on any atom is 0.339 e. The van der Waals surface area contributed by atoms with Crippen molar-refractivity contribution < 1.29 is 9.90 Å². The minimum absolute atomic E-state index is 0.288. The highest BCUT2D eigenvalue weighted by molar-refractivity contribution is 5.88. The highest BCUT2D eigenvalue weighted by atomic mass is 16.4. The summed E-state index contributed by atoms with van der Waals surface area (Å²) in [5.74, 6) is -0.918. The van der Waals surface area contributed by atoms with Gasteiger partial charge in [-0.3, -0.25) is 4.68 Å². The molecular weight excluding hydrogens is 254 g/mol. The van der Waals surface area contributed by atoms with Crippen molar-refractivity contribution in [2.75, 3.05) is 11.4 Å². The summed E-state index contributed by atoms with van der Waals surface area (Å²) >= 11 is 0. The first-order valence-electron chi connectivity index (χ1n) is 6.74. The van der Waals surface area contributed by atoms with E-state index in [1.54, 1.807) is 11.7 Å². The molecule has 1 aromatic carbocycles. The molecule has 0 fully saturated rings. The van der Waals surface area contributed by atoms with Gasteiger partial charge < -0.3 is 10.0 Å². The van der Waals surface area contributed by atoms with Gasteiger partial charge in [0.1, 0.15) is 5.56 Å². The summed E-state index contributed by atoms with van der Waals surface area (Å²) in [7, 11) is 1.79. The van der Waals surface area contributed by atoms with Gasteiger partial charge in [-0.2, -0.15) is 5.10 Å². The SMILES string of the molecule is Cn1ncc(C(=O)O)c1CN1CCCc2ccccc21. The standard InChI is InChI=1S/C15H17N3O2/c1-17-14(12(9-16-17)15(19)20)10-18-8-4-6-11-5-2-3-7-13(11)18/h2-3,5,7,9H,4,6,8,10H2,1H3,(H,19,20). The van der Waals surface area contributed by atoms with E-state index in [9.17, 15) is 9.90 Å². The van der Waals surface area contributed by atoms with E-state index in [4.69, 9.17) is 0 Å². The van der Waals surface area contributed by atoms with Crippen LogP contribution in [0.4, 0.5) is 5.69 Å². The van der Waals surface area contributed by atoms with Crippen molar-refractivity contribution in [1.29, 1.82) is 0 Å². The van der Waals surface area contributed by atoms with E-state index in [1.165, 1.54) is 17.4 Å². The van der Waals surface area contributed by atoms with Crippen LogP contribution in [-0.2, 0) is 20.0 Å². The van der Waals surface area contributed by atoms with E-state index in [0.29, 0.717) is 6.54 Å². The number of aromatic carboxylic acids is 1. The number of carbonyl (C=O) groups is 1. The molecule has 5 nitrogen and oxygen atoms in total. The van der Waals surface area contributed by atoms with E-state index in [1.807, 2.05) is 6.07 Å². The van der Waals surface area contributed by atoms with Crippen LogP contribution in [0.2, 0.25) is 0 Å². The van der Waals surface area contributed by atoms with E-state index in [-0.39, 0.29) is 5.56 Å². The van der Waals surface area contributed by atoms with Crippen LogP contribution in [0.5, 0.6) is 0 Å². The number of carboxylic acid groups (broad SMARTS) is 1. The first-order valence-corrected chi connectivity index (χ1v) is 6.74. The Balaban J connectivity index is 1.93. The third-order valence-corrected chi connectivity index (χ3v) is 3.84. The molecule has 1 N–H and O–H groups in total. The van der Waals surface area contributed by atoms with Gasteiger partial charge in [0.05, 0.1) is 18.4 Å². The number of hydrogen-bond acceptors (Lipinski definition) is 3. The Kier molecular flexibility index (Phi) is 3.18. The van der Waals surface area contributed by atoms with Crippen molar-refractivity contribution in [3.63, 3.8) is 0 Å². The maximum atomic E-state index is 11.3. The first kappa shape index (κ1) is 12.7. The quantitative estimate of drug-likeness (QED) is 0.928. The number of aromatic nitrogens is 2. The number of anilines is 1. The molecule has 0 aliphatic carbocycles. The topological polar surface area (TPSA) is 58.4 Å². The Labute approximate surface area is 117 Å². The van der Waals surface area contributed by atoms with Gasteiger partial charge in [0.2, 0.25) is 0 Å². The molecule has 1 aliphatic heterocycles. The summed E-state index contributed by atoms with van der Waals surface area (Å²) in [6.45, 7) is 1.52. The zero-order chi connectivity index (χ0) is 14.1.